The molecule has 0 aliphatic heterocycles. The van der Waals surface area contributed by atoms with Crippen LogP contribution in [0.15, 0.2) is 24.3 Å². The first-order valence-corrected chi connectivity index (χ1v) is 6.94. The SMILES string of the molecule is COCc1cccc(C(CN)NCCCCCO)c1. The van der Waals surface area contributed by atoms with Crippen LogP contribution in [0.1, 0.15) is 36.4 Å². The average molecular weight is 266 g/mol. The lowest BCUT2D eigenvalue weighted by molar-refractivity contribution is 0.185. The number of hydrogen-bond donors (Lipinski definition) is 3. The predicted molar refractivity (Wildman–Crippen MR) is 77.9 cm³/mol. The molecule has 1 atom stereocenters. The minimum absolute atomic E-state index is 0.186. The number of ether oxygens (including phenoxy) is 1. The minimum Gasteiger partial charge on any atom is -0.396 e. The molecule has 0 aromatic heterocycles. The molecule has 0 heterocycles. The highest BCUT2D eigenvalue weighted by Crippen LogP contribution is 2.14. The largest absolute Gasteiger partial charge is 0.396 e. The van der Waals surface area contributed by atoms with E-state index in [4.69, 9.17) is 15.6 Å². The maximum Gasteiger partial charge on any atom is 0.0713 e. The van der Waals surface area contributed by atoms with Crippen LogP contribution in [-0.2, 0) is 11.3 Å². The number of hydrogen-bond acceptors (Lipinski definition) is 4. The molecule has 0 saturated carbocycles. The summed E-state index contributed by atoms with van der Waals surface area (Å²) in [7, 11) is 1.70. The number of methoxy groups -OCH3 is 1. The van der Waals surface area contributed by atoms with Crippen molar-refractivity contribution in [3.05, 3.63) is 35.4 Å². The first kappa shape index (κ1) is 16.1. The molecule has 0 aliphatic rings. The molecule has 1 aromatic carbocycles. The molecule has 0 fully saturated rings. The maximum atomic E-state index is 8.73. The van der Waals surface area contributed by atoms with E-state index in [1.807, 2.05) is 6.07 Å². The van der Waals surface area contributed by atoms with E-state index in [9.17, 15) is 0 Å². The van der Waals surface area contributed by atoms with Crippen molar-refractivity contribution in [2.45, 2.75) is 31.9 Å². The van der Waals surface area contributed by atoms with E-state index >= 15 is 0 Å². The highest BCUT2D eigenvalue weighted by Gasteiger charge is 2.08. The maximum absolute atomic E-state index is 8.73. The van der Waals surface area contributed by atoms with Crippen molar-refractivity contribution in [3.8, 4) is 0 Å². The first-order valence-electron chi connectivity index (χ1n) is 6.94. The Morgan fingerprint density at radius 2 is 2.16 bits per heavy atom. The zero-order chi connectivity index (χ0) is 13.9. The van der Waals surface area contributed by atoms with Crippen molar-refractivity contribution in [1.29, 1.82) is 0 Å². The van der Waals surface area contributed by atoms with Crippen LogP contribution in [0.3, 0.4) is 0 Å². The molecule has 0 radical (unpaired) electrons. The Kier molecular flexibility index (Phi) is 8.41. The van der Waals surface area contributed by atoms with Crippen LogP contribution in [0.4, 0.5) is 0 Å². The lowest BCUT2D eigenvalue weighted by Gasteiger charge is -2.18. The second kappa shape index (κ2) is 9.92. The van der Waals surface area contributed by atoms with Gasteiger partial charge in [-0.1, -0.05) is 24.3 Å². The number of nitrogens with one attached hydrogen (secondary N) is 1. The smallest absolute Gasteiger partial charge is 0.0713 e. The Hall–Kier alpha value is -0.940. The second-order valence-electron chi connectivity index (χ2n) is 4.70. The summed E-state index contributed by atoms with van der Waals surface area (Å²) < 4.78 is 5.15. The summed E-state index contributed by atoms with van der Waals surface area (Å²) in [5.41, 5.74) is 8.21. The van der Waals surface area contributed by atoms with E-state index in [2.05, 4.69) is 23.5 Å². The summed E-state index contributed by atoms with van der Waals surface area (Å²) >= 11 is 0. The van der Waals surface area contributed by atoms with Crippen molar-refractivity contribution in [1.82, 2.24) is 5.32 Å². The van der Waals surface area contributed by atoms with E-state index in [0.29, 0.717) is 13.2 Å². The Morgan fingerprint density at radius 3 is 2.84 bits per heavy atom. The molecular weight excluding hydrogens is 240 g/mol. The number of benzene rings is 1. The predicted octanol–water partition coefficient (Wildman–Crippen LogP) is 1.58. The van der Waals surface area contributed by atoms with E-state index in [-0.39, 0.29) is 12.6 Å². The molecule has 19 heavy (non-hydrogen) atoms. The van der Waals surface area contributed by atoms with Gasteiger partial charge in [-0.25, -0.2) is 0 Å². The number of aliphatic hydroxyl groups is 1. The molecule has 0 bridgehead atoms. The summed E-state index contributed by atoms with van der Waals surface area (Å²) in [6, 6.07) is 8.52. The molecule has 0 spiro atoms. The van der Waals surface area contributed by atoms with Gasteiger partial charge in [0, 0.05) is 26.3 Å². The topological polar surface area (TPSA) is 67.5 Å². The van der Waals surface area contributed by atoms with E-state index in [0.717, 1.165) is 25.8 Å². The minimum atomic E-state index is 0.186. The van der Waals surface area contributed by atoms with Crippen LogP contribution in [-0.4, -0.2) is 31.9 Å². The van der Waals surface area contributed by atoms with Crippen molar-refractivity contribution in [2.24, 2.45) is 5.73 Å². The fourth-order valence-corrected chi connectivity index (χ4v) is 2.09. The van der Waals surface area contributed by atoms with Gasteiger partial charge in [-0.05, 0) is 36.9 Å². The van der Waals surface area contributed by atoms with Crippen LogP contribution in [0.5, 0.6) is 0 Å². The third-order valence-electron chi connectivity index (χ3n) is 3.13. The number of rotatable bonds is 10. The van der Waals surface area contributed by atoms with Gasteiger partial charge in [-0.3, -0.25) is 0 Å². The quantitative estimate of drug-likeness (QED) is 0.563. The summed E-state index contributed by atoms with van der Waals surface area (Å²) in [4.78, 5) is 0. The third-order valence-corrected chi connectivity index (χ3v) is 3.13. The molecule has 1 rings (SSSR count). The van der Waals surface area contributed by atoms with E-state index in [1.54, 1.807) is 7.11 Å². The van der Waals surface area contributed by atoms with Gasteiger partial charge in [0.25, 0.3) is 0 Å². The Balaban J connectivity index is 2.46. The summed E-state index contributed by atoms with van der Waals surface area (Å²) in [6.07, 6.45) is 2.98. The molecular formula is C15H26N2O2. The second-order valence-corrected chi connectivity index (χ2v) is 4.70. The molecule has 4 nitrogen and oxygen atoms in total. The molecule has 4 heteroatoms. The Morgan fingerprint density at radius 1 is 1.32 bits per heavy atom. The first-order chi connectivity index (χ1) is 9.31. The van der Waals surface area contributed by atoms with Gasteiger partial charge in [0.05, 0.1) is 6.61 Å². The van der Waals surface area contributed by atoms with Gasteiger partial charge in [0.15, 0.2) is 0 Å². The van der Waals surface area contributed by atoms with Gasteiger partial charge in [-0.15, -0.1) is 0 Å². The van der Waals surface area contributed by atoms with Gasteiger partial charge < -0.3 is 20.9 Å². The van der Waals surface area contributed by atoms with Crippen molar-refractivity contribution < 1.29 is 9.84 Å². The van der Waals surface area contributed by atoms with E-state index < -0.39 is 0 Å². The zero-order valence-corrected chi connectivity index (χ0v) is 11.8. The molecule has 0 saturated heterocycles. The number of nitrogens with two attached hydrogens (primary N) is 1. The summed E-state index contributed by atoms with van der Waals surface area (Å²) in [5.74, 6) is 0. The summed E-state index contributed by atoms with van der Waals surface area (Å²) in [5, 5.41) is 12.2. The van der Waals surface area contributed by atoms with Crippen LogP contribution < -0.4 is 11.1 Å². The molecule has 1 aromatic rings. The lowest BCUT2D eigenvalue weighted by Crippen LogP contribution is -2.29. The highest BCUT2D eigenvalue weighted by atomic mass is 16.5. The molecule has 108 valence electrons. The van der Waals surface area contributed by atoms with Crippen LogP contribution in [0.2, 0.25) is 0 Å². The third kappa shape index (κ3) is 6.16. The number of aliphatic hydroxyl groups excluding tert-OH is 1. The zero-order valence-electron chi connectivity index (χ0n) is 11.8. The lowest BCUT2D eigenvalue weighted by atomic mass is 10.0. The van der Waals surface area contributed by atoms with E-state index in [1.165, 1.54) is 11.1 Å². The Labute approximate surface area is 116 Å². The van der Waals surface area contributed by atoms with Crippen LogP contribution in [0, 0.1) is 0 Å². The van der Waals surface area contributed by atoms with Gasteiger partial charge in [-0.2, -0.15) is 0 Å². The monoisotopic (exact) mass is 266 g/mol. The molecule has 0 amide bonds. The fourth-order valence-electron chi connectivity index (χ4n) is 2.09. The molecule has 4 N–H and O–H groups in total. The van der Waals surface area contributed by atoms with Crippen LogP contribution in [0.25, 0.3) is 0 Å². The number of unbranched alkanes of at least 4 members (excludes halogenated alkanes) is 2. The van der Waals surface area contributed by atoms with Gasteiger partial charge in [0.1, 0.15) is 0 Å². The summed E-state index contributed by atoms with van der Waals surface area (Å²) in [6.45, 7) is 2.41. The van der Waals surface area contributed by atoms with Gasteiger partial charge >= 0.3 is 0 Å². The average Bonchev–Trinajstić information content (AvgIpc) is 2.43. The van der Waals surface area contributed by atoms with Gasteiger partial charge in [0.2, 0.25) is 0 Å². The fraction of sp³-hybridized carbons (Fsp3) is 0.600. The molecule has 0 aliphatic carbocycles. The highest BCUT2D eigenvalue weighted by molar-refractivity contribution is 5.26. The standard InChI is InChI=1S/C15H26N2O2/c1-19-12-13-6-5-7-14(10-13)15(11-16)17-8-3-2-4-9-18/h5-7,10,15,17-18H,2-4,8-9,11-12,16H2,1H3. The van der Waals surface area contributed by atoms with Crippen molar-refractivity contribution >= 4 is 0 Å². The normalized spacial score (nSPS) is 12.6. The Bertz CT molecular complexity index is 345. The van der Waals surface area contributed by atoms with Crippen LogP contribution >= 0.6 is 0 Å². The molecule has 1 unspecified atom stereocenters. The van der Waals surface area contributed by atoms with Crippen molar-refractivity contribution in [3.63, 3.8) is 0 Å². The van der Waals surface area contributed by atoms with Crippen molar-refractivity contribution in [2.75, 3.05) is 26.8 Å².